The number of nitrogens with one attached hydrogen (secondary N) is 1. The Kier molecular flexibility index (Phi) is 3.77. The van der Waals surface area contributed by atoms with E-state index in [0.29, 0.717) is 0 Å². The summed E-state index contributed by atoms with van der Waals surface area (Å²) in [5, 5.41) is 2.63. The van der Waals surface area contributed by atoms with Crippen LogP contribution in [-0.2, 0) is 9.53 Å². The first-order valence-corrected chi connectivity index (χ1v) is 7.05. The van der Waals surface area contributed by atoms with Crippen LogP contribution < -0.4 is 10.2 Å². The van der Waals surface area contributed by atoms with Crippen molar-refractivity contribution in [3.05, 3.63) is 28.2 Å². The lowest BCUT2D eigenvalue weighted by Gasteiger charge is -2.21. The van der Waals surface area contributed by atoms with Crippen molar-refractivity contribution < 1.29 is 14.3 Å². The minimum absolute atomic E-state index is 0.177. The fraction of sp³-hybridized carbons (Fsp3) is 0.429. The predicted molar refractivity (Wildman–Crippen MR) is 79.7 cm³/mol. The topological polar surface area (TPSA) is 58.6 Å². The van der Waals surface area contributed by atoms with Crippen molar-refractivity contribution in [2.45, 2.75) is 32.4 Å². The number of carbonyl (C=O) groups is 2. The highest BCUT2D eigenvalue weighted by molar-refractivity contribution is 9.10. The molecule has 2 rings (SSSR count). The number of likely N-dealkylation sites (N-methyl/N-ethyl adjacent to an activating group) is 1. The molecule has 0 saturated carbocycles. The van der Waals surface area contributed by atoms with E-state index >= 15 is 0 Å². The lowest BCUT2D eigenvalue weighted by atomic mass is 10.1. The maximum absolute atomic E-state index is 12.2. The summed E-state index contributed by atoms with van der Waals surface area (Å²) in [5.74, 6) is -0.177. The molecule has 0 saturated heterocycles. The van der Waals surface area contributed by atoms with E-state index in [1.807, 2.05) is 18.2 Å². The van der Waals surface area contributed by atoms with Crippen LogP contribution in [0.5, 0.6) is 0 Å². The van der Waals surface area contributed by atoms with E-state index in [-0.39, 0.29) is 5.91 Å². The Morgan fingerprint density at radius 2 is 2.05 bits per heavy atom. The molecule has 1 atom stereocenters. The molecule has 1 aliphatic rings. The van der Waals surface area contributed by atoms with Crippen molar-refractivity contribution in [3.63, 3.8) is 0 Å². The molecule has 0 radical (unpaired) electrons. The van der Waals surface area contributed by atoms with Gasteiger partial charge in [-0.15, -0.1) is 0 Å². The SMILES string of the molecule is CN1C(=O)C(NC(=O)OC(C)(C)C)c2cc(Br)ccc21. The summed E-state index contributed by atoms with van der Waals surface area (Å²) in [6.45, 7) is 5.33. The first-order valence-electron chi connectivity index (χ1n) is 6.25. The summed E-state index contributed by atoms with van der Waals surface area (Å²) in [6, 6.07) is 4.83. The number of fused-ring (bicyclic) bond motifs is 1. The Morgan fingerprint density at radius 1 is 1.40 bits per heavy atom. The third-order valence-electron chi connectivity index (χ3n) is 2.90. The van der Waals surface area contributed by atoms with E-state index < -0.39 is 17.7 Å². The minimum Gasteiger partial charge on any atom is -0.444 e. The normalized spacial score (nSPS) is 17.9. The van der Waals surface area contributed by atoms with Gasteiger partial charge in [-0.25, -0.2) is 4.79 Å². The van der Waals surface area contributed by atoms with Crippen molar-refractivity contribution in [1.29, 1.82) is 0 Å². The van der Waals surface area contributed by atoms with Crippen LogP contribution in [0.15, 0.2) is 22.7 Å². The quantitative estimate of drug-likeness (QED) is 0.854. The second-order valence-corrected chi connectivity index (χ2v) is 6.60. The van der Waals surface area contributed by atoms with Gasteiger partial charge in [0.05, 0.1) is 0 Å². The molecule has 1 aliphatic heterocycles. The van der Waals surface area contributed by atoms with E-state index in [4.69, 9.17) is 4.74 Å². The van der Waals surface area contributed by atoms with Crippen LogP contribution >= 0.6 is 15.9 Å². The van der Waals surface area contributed by atoms with Gasteiger partial charge in [0.25, 0.3) is 5.91 Å². The molecule has 1 N–H and O–H groups in total. The zero-order valence-corrected chi connectivity index (χ0v) is 13.4. The van der Waals surface area contributed by atoms with Crippen LogP contribution in [0, 0.1) is 0 Å². The van der Waals surface area contributed by atoms with Crippen molar-refractivity contribution in [3.8, 4) is 0 Å². The zero-order valence-electron chi connectivity index (χ0n) is 11.9. The molecular weight excluding hydrogens is 324 g/mol. The van der Waals surface area contributed by atoms with Crippen LogP contribution in [0.3, 0.4) is 0 Å². The summed E-state index contributed by atoms with van der Waals surface area (Å²) >= 11 is 3.37. The average Bonchev–Trinajstić information content (AvgIpc) is 2.52. The van der Waals surface area contributed by atoms with Crippen LogP contribution in [0.2, 0.25) is 0 Å². The number of anilines is 1. The zero-order chi connectivity index (χ0) is 15.1. The molecule has 0 aliphatic carbocycles. The Hall–Kier alpha value is -1.56. The molecular formula is C14H17BrN2O3. The largest absolute Gasteiger partial charge is 0.444 e. The van der Waals surface area contributed by atoms with Crippen LogP contribution in [0.1, 0.15) is 32.4 Å². The molecule has 1 aromatic carbocycles. The van der Waals surface area contributed by atoms with Gasteiger partial charge in [-0.05, 0) is 39.0 Å². The number of amides is 2. The first-order chi connectivity index (χ1) is 9.19. The fourth-order valence-corrected chi connectivity index (χ4v) is 2.45. The van der Waals surface area contributed by atoms with Gasteiger partial charge in [-0.1, -0.05) is 15.9 Å². The molecule has 0 spiro atoms. The van der Waals surface area contributed by atoms with E-state index in [1.54, 1.807) is 27.8 Å². The number of benzene rings is 1. The first kappa shape index (κ1) is 14.8. The molecule has 0 aromatic heterocycles. The maximum atomic E-state index is 12.2. The lowest BCUT2D eigenvalue weighted by Crippen LogP contribution is -2.39. The molecule has 1 aromatic rings. The molecule has 6 heteroatoms. The second kappa shape index (κ2) is 5.09. The van der Waals surface area contributed by atoms with Crippen LogP contribution in [-0.4, -0.2) is 24.6 Å². The van der Waals surface area contributed by atoms with Crippen molar-refractivity contribution in [1.82, 2.24) is 5.32 Å². The summed E-state index contributed by atoms with van der Waals surface area (Å²) in [6.07, 6.45) is -0.600. The molecule has 0 fully saturated rings. The van der Waals surface area contributed by atoms with Gasteiger partial charge in [0, 0.05) is 22.8 Å². The van der Waals surface area contributed by atoms with Crippen LogP contribution in [0.4, 0.5) is 10.5 Å². The summed E-state index contributed by atoms with van der Waals surface area (Å²) in [4.78, 5) is 25.6. The van der Waals surface area contributed by atoms with Gasteiger partial charge in [0.2, 0.25) is 0 Å². The summed E-state index contributed by atoms with van der Waals surface area (Å²) < 4.78 is 6.05. The minimum atomic E-state index is -0.706. The highest BCUT2D eigenvalue weighted by Crippen LogP contribution is 2.36. The standard InChI is InChI=1S/C14H17BrN2O3/c1-14(2,3)20-13(19)16-11-9-7-8(15)5-6-10(9)17(4)12(11)18/h5-7,11H,1-4H3,(H,16,19). The number of alkyl carbamates (subject to hydrolysis) is 1. The third kappa shape index (κ3) is 2.95. The molecule has 1 heterocycles. The fourth-order valence-electron chi connectivity index (χ4n) is 2.07. The Morgan fingerprint density at radius 3 is 2.65 bits per heavy atom. The highest BCUT2D eigenvalue weighted by atomic mass is 79.9. The van der Waals surface area contributed by atoms with Gasteiger partial charge in [0.1, 0.15) is 11.6 Å². The third-order valence-corrected chi connectivity index (χ3v) is 3.39. The van der Waals surface area contributed by atoms with Crippen molar-refractivity contribution in [2.75, 3.05) is 11.9 Å². The number of rotatable bonds is 1. The molecule has 20 heavy (non-hydrogen) atoms. The smallest absolute Gasteiger partial charge is 0.408 e. The van der Waals surface area contributed by atoms with Gasteiger partial charge in [0.15, 0.2) is 0 Å². The number of nitrogens with zero attached hydrogens (tertiary/aromatic N) is 1. The maximum Gasteiger partial charge on any atom is 0.408 e. The Labute approximate surface area is 126 Å². The highest BCUT2D eigenvalue weighted by Gasteiger charge is 2.37. The number of carbonyl (C=O) groups excluding carboxylic acids is 2. The second-order valence-electron chi connectivity index (χ2n) is 5.68. The summed E-state index contributed by atoms with van der Waals surface area (Å²) in [7, 11) is 1.69. The van der Waals surface area contributed by atoms with E-state index in [0.717, 1.165) is 15.7 Å². The van der Waals surface area contributed by atoms with Crippen molar-refractivity contribution in [2.24, 2.45) is 0 Å². The molecule has 0 bridgehead atoms. The summed E-state index contributed by atoms with van der Waals surface area (Å²) in [5.41, 5.74) is 0.953. The predicted octanol–water partition coefficient (Wildman–Crippen LogP) is 2.99. The Bertz CT molecular complexity index is 566. The number of halogens is 1. The number of hydrogen-bond acceptors (Lipinski definition) is 3. The molecule has 108 valence electrons. The molecule has 5 nitrogen and oxygen atoms in total. The monoisotopic (exact) mass is 340 g/mol. The van der Waals surface area contributed by atoms with Gasteiger partial charge in [-0.3, -0.25) is 4.79 Å². The lowest BCUT2D eigenvalue weighted by molar-refractivity contribution is -0.119. The van der Waals surface area contributed by atoms with E-state index in [2.05, 4.69) is 21.2 Å². The molecule has 2 amide bonds. The van der Waals surface area contributed by atoms with E-state index in [1.165, 1.54) is 4.90 Å². The van der Waals surface area contributed by atoms with Gasteiger partial charge < -0.3 is 15.0 Å². The number of hydrogen-bond donors (Lipinski definition) is 1. The number of ether oxygens (including phenoxy) is 1. The van der Waals surface area contributed by atoms with Gasteiger partial charge in [-0.2, -0.15) is 0 Å². The average molecular weight is 341 g/mol. The van der Waals surface area contributed by atoms with E-state index in [9.17, 15) is 9.59 Å². The molecule has 1 unspecified atom stereocenters. The van der Waals surface area contributed by atoms with Gasteiger partial charge >= 0.3 is 6.09 Å². The van der Waals surface area contributed by atoms with Crippen LogP contribution in [0.25, 0.3) is 0 Å². The van der Waals surface area contributed by atoms with Crippen molar-refractivity contribution >= 4 is 33.6 Å². The Balaban J connectivity index is 2.23.